The van der Waals surface area contributed by atoms with Crippen molar-refractivity contribution in [3.8, 4) is 0 Å². The normalized spacial score (nSPS) is 16.0. The Morgan fingerprint density at radius 3 is 2.68 bits per heavy atom. The summed E-state index contributed by atoms with van der Waals surface area (Å²) in [5, 5.41) is 3.54. The Bertz CT molecular complexity index is 544. The molecule has 1 aromatic rings. The molecular formula is C15H22N4O2S. The van der Waals surface area contributed by atoms with Crippen LogP contribution >= 0.6 is 11.8 Å². The molecule has 2 rings (SSSR count). The average molecular weight is 322 g/mol. The second-order valence-corrected chi connectivity index (χ2v) is 6.58. The van der Waals surface area contributed by atoms with Crippen molar-refractivity contribution in [1.82, 2.24) is 20.2 Å². The van der Waals surface area contributed by atoms with E-state index in [0.717, 1.165) is 24.4 Å². The molecule has 22 heavy (non-hydrogen) atoms. The summed E-state index contributed by atoms with van der Waals surface area (Å²) in [4.78, 5) is 33.9. The molecule has 0 aromatic carbocycles. The highest BCUT2D eigenvalue weighted by Crippen LogP contribution is 2.14. The maximum absolute atomic E-state index is 12.0. The number of aromatic nitrogens is 2. The molecule has 6 nitrogen and oxygen atoms in total. The molecule has 1 aliphatic heterocycles. The van der Waals surface area contributed by atoms with Gasteiger partial charge in [0, 0.05) is 36.9 Å². The number of thioether (sulfide) groups is 1. The summed E-state index contributed by atoms with van der Waals surface area (Å²) in [6, 6.07) is 1.86. The van der Waals surface area contributed by atoms with Crippen LogP contribution in [0.1, 0.15) is 31.2 Å². The lowest BCUT2D eigenvalue weighted by Gasteiger charge is -2.21. The molecule has 0 unspecified atom stereocenters. The van der Waals surface area contributed by atoms with E-state index in [1.54, 1.807) is 0 Å². The van der Waals surface area contributed by atoms with Crippen LogP contribution in [0.4, 0.5) is 0 Å². The minimum absolute atomic E-state index is 0.0460. The largest absolute Gasteiger partial charge is 0.351 e. The molecule has 0 aliphatic carbocycles. The summed E-state index contributed by atoms with van der Waals surface area (Å²) in [5.74, 6) is 0.396. The summed E-state index contributed by atoms with van der Waals surface area (Å²) in [6.45, 7) is 7.11. The fourth-order valence-corrected chi connectivity index (χ4v) is 3.24. The lowest BCUT2D eigenvalue weighted by atomic mass is 10.3. The van der Waals surface area contributed by atoms with Gasteiger partial charge in [0.1, 0.15) is 0 Å². The van der Waals surface area contributed by atoms with Crippen molar-refractivity contribution in [2.75, 3.05) is 18.8 Å². The van der Waals surface area contributed by atoms with Crippen LogP contribution in [0.5, 0.6) is 0 Å². The predicted molar refractivity (Wildman–Crippen MR) is 85.6 cm³/mol. The van der Waals surface area contributed by atoms with Gasteiger partial charge in [0.05, 0.1) is 5.75 Å². The van der Waals surface area contributed by atoms with Crippen LogP contribution in [0, 0.1) is 13.8 Å². The van der Waals surface area contributed by atoms with Gasteiger partial charge < -0.3 is 10.2 Å². The highest BCUT2D eigenvalue weighted by Gasteiger charge is 2.22. The molecule has 1 saturated heterocycles. The molecule has 0 bridgehead atoms. The Morgan fingerprint density at radius 2 is 2.09 bits per heavy atom. The lowest BCUT2D eigenvalue weighted by Crippen LogP contribution is -2.43. The fourth-order valence-electron chi connectivity index (χ4n) is 2.48. The minimum Gasteiger partial charge on any atom is -0.351 e. The Morgan fingerprint density at radius 1 is 1.41 bits per heavy atom. The molecular weight excluding hydrogens is 300 g/mol. The Balaban J connectivity index is 1.76. The monoisotopic (exact) mass is 322 g/mol. The molecule has 1 fully saturated rings. The highest BCUT2D eigenvalue weighted by molar-refractivity contribution is 7.99. The smallest absolute Gasteiger partial charge is 0.230 e. The Kier molecular flexibility index (Phi) is 5.76. The number of hydrogen-bond acceptors (Lipinski definition) is 5. The van der Waals surface area contributed by atoms with Gasteiger partial charge in [0.15, 0.2) is 5.16 Å². The van der Waals surface area contributed by atoms with Crippen molar-refractivity contribution in [3.05, 3.63) is 17.5 Å². The van der Waals surface area contributed by atoms with Gasteiger partial charge in [0.2, 0.25) is 11.8 Å². The second kappa shape index (κ2) is 7.58. The van der Waals surface area contributed by atoms with Crippen molar-refractivity contribution in [2.45, 2.75) is 44.8 Å². The average Bonchev–Trinajstić information content (AvgIpc) is 2.81. The minimum atomic E-state index is -0.0631. The van der Waals surface area contributed by atoms with Crippen LogP contribution < -0.4 is 5.32 Å². The molecule has 1 atom stereocenters. The number of rotatable bonds is 6. The van der Waals surface area contributed by atoms with Crippen molar-refractivity contribution < 1.29 is 9.59 Å². The number of nitrogens with one attached hydrogen (secondary N) is 1. The Hall–Kier alpha value is -1.63. The van der Waals surface area contributed by atoms with Crippen LogP contribution in [0.15, 0.2) is 11.2 Å². The zero-order chi connectivity index (χ0) is 16.1. The topological polar surface area (TPSA) is 75.2 Å². The van der Waals surface area contributed by atoms with Gasteiger partial charge in [0.25, 0.3) is 0 Å². The van der Waals surface area contributed by atoms with Gasteiger partial charge in [-0.2, -0.15) is 0 Å². The number of carbonyl (C=O) groups excluding carboxylic acids is 2. The fraction of sp³-hybridized carbons (Fsp3) is 0.600. The van der Waals surface area contributed by atoms with Gasteiger partial charge in [-0.25, -0.2) is 9.97 Å². The van der Waals surface area contributed by atoms with Gasteiger partial charge in [-0.3, -0.25) is 9.59 Å². The van der Waals surface area contributed by atoms with Crippen LogP contribution in [-0.4, -0.2) is 51.6 Å². The zero-order valence-corrected chi connectivity index (χ0v) is 14.1. The van der Waals surface area contributed by atoms with E-state index in [4.69, 9.17) is 0 Å². The van der Waals surface area contributed by atoms with Gasteiger partial charge in [-0.15, -0.1) is 0 Å². The van der Waals surface area contributed by atoms with Crippen molar-refractivity contribution in [3.63, 3.8) is 0 Å². The molecule has 2 amide bonds. The van der Waals surface area contributed by atoms with Crippen LogP contribution in [0.25, 0.3) is 0 Å². The zero-order valence-electron chi connectivity index (χ0n) is 13.3. The van der Waals surface area contributed by atoms with Gasteiger partial charge in [-0.1, -0.05) is 11.8 Å². The molecule has 1 aromatic heterocycles. The lowest BCUT2D eigenvalue weighted by molar-refractivity contribution is -0.128. The maximum atomic E-state index is 12.0. The predicted octanol–water partition coefficient (Wildman–Crippen LogP) is 1.31. The summed E-state index contributed by atoms with van der Waals surface area (Å²) in [6.07, 6.45) is 1.54. The van der Waals surface area contributed by atoms with Crippen LogP contribution in [0.2, 0.25) is 0 Å². The summed E-state index contributed by atoms with van der Waals surface area (Å²) < 4.78 is 0. The third-order valence-electron chi connectivity index (χ3n) is 3.37. The molecule has 2 heterocycles. The Labute approximate surface area is 135 Å². The molecule has 1 aliphatic rings. The maximum Gasteiger partial charge on any atom is 0.230 e. The first-order chi connectivity index (χ1) is 10.4. The standard InChI is InChI=1S/C15H22N4O2S/c1-10-7-11(2)18-15(17-10)22-9-13(20)16-12(3)8-19-6-4-5-14(19)21/h7,12H,4-6,8-9H2,1-3H3,(H,16,20)/t12-/m0/s1. The molecule has 0 spiro atoms. The highest BCUT2D eigenvalue weighted by atomic mass is 32.2. The van der Waals surface area contributed by atoms with E-state index in [9.17, 15) is 9.59 Å². The van der Waals surface area contributed by atoms with E-state index in [1.165, 1.54) is 11.8 Å². The number of amides is 2. The van der Waals surface area contributed by atoms with Crippen LogP contribution in [0.3, 0.4) is 0 Å². The van der Waals surface area contributed by atoms with Gasteiger partial charge in [-0.05, 0) is 33.3 Å². The van der Waals surface area contributed by atoms with E-state index in [-0.39, 0.29) is 23.6 Å². The van der Waals surface area contributed by atoms with E-state index in [2.05, 4.69) is 15.3 Å². The van der Waals surface area contributed by atoms with Crippen molar-refractivity contribution in [2.24, 2.45) is 0 Å². The first-order valence-electron chi connectivity index (χ1n) is 7.46. The molecule has 7 heteroatoms. The summed E-state index contributed by atoms with van der Waals surface area (Å²) in [7, 11) is 0. The van der Waals surface area contributed by atoms with E-state index >= 15 is 0 Å². The number of aryl methyl sites for hydroxylation is 2. The van der Waals surface area contributed by atoms with E-state index in [1.807, 2.05) is 31.7 Å². The molecule has 0 radical (unpaired) electrons. The molecule has 120 valence electrons. The van der Waals surface area contributed by atoms with Crippen LogP contribution in [-0.2, 0) is 9.59 Å². The number of carbonyl (C=O) groups is 2. The third kappa shape index (κ3) is 4.98. The van der Waals surface area contributed by atoms with Crippen molar-refractivity contribution >= 4 is 23.6 Å². The summed E-state index contributed by atoms with van der Waals surface area (Å²) >= 11 is 1.33. The second-order valence-electron chi connectivity index (χ2n) is 5.63. The summed E-state index contributed by atoms with van der Waals surface area (Å²) in [5.41, 5.74) is 1.80. The van der Waals surface area contributed by atoms with Crippen molar-refractivity contribution in [1.29, 1.82) is 0 Å². The van der Waals surface area contributed by atoms with Gasteiger partial charge >= 0.3 is 0 Å². The molecule has 1 N–H and O–H groups in total. The first kappa shape index (κ1) is 16.7. The quantitative estimate of drug-likeness (QED) is 0.631. The molecule has 0 saturated carbocycles. The number of likely N-dealkylation sites (tertiary alicyclic amines) is 1. The SMILES string of the molecule is Cc1cc(C)nc(SCC(=O)N[C@@H](C)CN2CCCC2=O)n1. The number of nitrogens with zero attached hydrogens (tertiary/aromatic N) is 3. The first-order valence-corrected chi connectivity index (χ1v) is 8.45. The van der Waals surface area contributed by atoms with E-state index in [0.29, 0.717) is 18.1 Å². The third-order valence-corrected chi connectivity index (χ3v) is 4.21. The number of hydrogen-bond donors (Lipinski definition) is 1. The van der Waals surface area contributed by atoms with E-state index < -0.39 is 0 Å².